The summed E-state index contributed by atoms with van der Waals surface area (Å²) in [6.07, 6.45) is 3.40. The van der Waals surface area contributed by atoms with E-state index in [-0.39, 0.29) is 5.16 Å². The molecule has 0 N–H and O–H groups in total. The zero-order valence-electron chi connectivity index (χ0n) is 11.4. The van der Waals surface area contributed by atoms with Crippen molar-refractivity contribution in [3.05, 3.63) is 40.6 Å². The number of furan rings is 1. The molecule has 0 unspecified atom stereocenters. The van der Waals surface area contributed by atoms with Crippen LogP contribution < -0.4 is 0 Å². The minimum atomic E-state index is -3.36. The second-order valence-electron chi connectivity index (χ2n) is 5.06. The molecule has 0 aliphatic carbocycles. The third-order valence-electron chi connectivity index (χ3n) is 3.33. The van der Waals surface area contributed by atoms with Crippen molar-refractivity contribution >= 4 is 21.4 Å². The van der Waals surface area contributed by atoms with E-state index >= 15 is 0 Å². The third kappa shape index (κ3) is 3.25. The van der Waals surface area contributed by atoms with Crippen molar-refractivity contribution in [2.24, 2.45) is 0 Å². The van der Waals surface area contributed by atoms with Gasteiger partial charge in [0.2, 0.25) is 15.0 Å². The molecule has 1 aliphatic rings. The van der Waals surface area contributed by atoms with E-state index < -0.39 is 9.84 Å². The SMILES string of the molecule is CS(=O)(=O)c1ncc2c(n1)CCN(Cc1ccc(Cl)o1)C2. The van der Waals surface area contributed by atoms with E-state index in [0.717, 1.165) is 29.8 Å². The van der Waals surface area contributed by atoms with Gasteiger partial charge in [-0.05, 0) is 23.7 Å². The molecular formula is C13H14ClN3O3S. The van der Waals surface area contributed by atoms with E-state index in [4.69, 9.17) is 16.0 Å². The Kier molecular flexibility index (Phi) is 3.73. The lowest BCUT2D eigenvalue weighted by molar-refractivity contribution is 0.223. The first-order chi connectivity index (χ1) is 9.91. The molecule has 21 heavy (non-hydrogen) atoms. The van der Waals surface area contributed by atoms with Crippen LogP contribution in [0.1, 0.15) is 17.0 Å². The van der Waals surface area contributed by atoms with Gasteiger partial charge in [0.05, 0.1) is 12.2 Å². The molecule has 112 valence electrons. The number of hydrogen-bond acceptors (Lipinski definition) is 6. The lowest BCUT2D eigenvalue weighted by Gasteiger charge is -2.27. The van der Waals surface area contributed by atoms with Crippen molar-refractivity contribution in [2.45, 2.75) is 24.7 Å². The Morgan fingerprint density at radius 3 is 2.90 bits per heavy atom. The Hall–Kier alpha value is -1.44. The largest absolute Gasteiger partial charge is 0.448 e. The Morgan fingerprint density at radius 2 is 2.24 bits per heavy atom. The molecule has 0 saturated carbocycles. The summed E-state index contributed by atoms with van der Waals surface area (Å²) in [4.78, 5) is 10.3. The summed E-state index contributed by atoms with van der Waals surface area (Å²) in [5.74, 6) is 0.803. The molecular weight excluding hydrogens is 314 g/mol. The maximum Gasteiger partial charge on any atom is 0.246 e. The highest BCUT2D eigenvalue weighted by molar-refractivity contribution is 7.90. The Labute approximate surface area is 127 Å². The van der Waals surface area contributed by atoms with Crippen LogP contribution in [-0.4, -0.2) is 36.1 Å². The van der Waals surface area contributed by atoms with Gasteiger partial charge >= 0.3 is 0 Å². The molecule has 0 amide bonds. The first-order valence-electron chi connectivity index (χ1n) is 6.43. The van der Waals surface area contributed by atoms with Gasteiger partial charge in [-0.15, -0.1) is 0 Å². The fourth-order valence-electron chi connectivity index (χ4n) is 2.33. The first-order valence-corrected chi connectivity index (χ1v) is 8.70. The van der Waals surface area contributed by atoms with Gasteiger partial charge < -0.3 is 4.42 Å². The molecule has 2 aromatic rings. The van der Waals surface area contributed by atoms with Crippen LogP contribution in [0.15, 0.2) is 27.9 Å². The van der Waals surface area contributed by atoms with Crippen molar-refractivity contribution in [3.63, 3.8) is 0 Å². The summed E-state index contributed by atoms with van der Waals surface area (Å²) in [6.45, 7) is 2.10. The van der Waals surface area contributed by atoms with Crippen LogP contribution in [0.4, 0.5) is 0 Å². The molecule has 0 radical (unpaired) electrons. The molecule has 0 atom stereocenters. The molecule has 2 aromatic heterocycles. The van der Waals surface area contributed by atoms with Gasteiger partial charge in [-0.2, -0.15) is 0 Å². The maximum atomic E-state index is 11.5. The molecule has 0 spiro atoms. The van der Waals surface area contributed by atoms with Gasteiger partial charge in [-0.3, -0.25) is 4.90 Å². The zero-order valence-corrected chi connectivity index (χ0v) is 13.0. The standard InChI is InChI=1S/C13H14ClN3O3S/c1-21(18,19)13-15-6-9-7-17(5-4-11(9)16-13)8-10-2-3-12(14)20-10/h2-3,6H,4-5,7-8H2,1H3. The quantitative estimate of drug-likeness (QED) is 0.798. The van der Waals surface area contributed by atoms with E-state index in [0.29, 0.717) is 24.7 Å². The summed E-state index contributed by atoms with van der Waals surface area (Å²) in [6, 6.07) is 3.57. The van der Waals surface area contributed by atoms with Gasteiger partial charge in [0.25, 0.3) is 0 Å². The van der Waals surface area contributed by atoms with Crippen LogP contribution in [0.3, 0.4) is 0 Å². The average molecular weight is 328 g/mol. The first kappa shape index (κ1) is 14.5. The Bertz CT molecular complexity index is 773. The van der Waals surface area contributed by atoms with Crippen molar-refractivity contribution in [1.82, 2.24) is 14.9 Å². The number of fused-ring (bicyclic) bond motifs is 1. The monoisotopic (exact) mass is 327 g/mol. The molecule has 3 heterocycles. The number of halogens is 1. The van der Waals surface area contributed by atoms with Crippen molar-refractivity contribution in [1.29, 1.82) is 0 Å². The van der Waals surface area contributed by atoms with Crippen LogP contribution >= 0.6 is 11.6 Å². The van der Waals surface area contributed by atoms with E-state index in [2.05, 4.69) is 14.9 Å². The van der Waals surface area contributed by atoms with Crippen molar-refractivity contribution < 1.29 is 12.8 Å². The lowest BCUT2D eigenvalue weighted by Crippen LogP contribution is -2.31. The number of sulfone groups is 1. The summed E-state index contributed by atoms with van der Waals surface area (Å²) in [7, 11) is -3.36. The topological polar surface area (TPSA) is 76.3 Å². The highest BCUT2D eigenvalue weighted by Gasteiger charge is 2.21. The van der Waals surface area contributed by atoms with Crippen LogP contribution in [-0.2, 0) is 29.3 Å². The summed E-state index contributed by atoms with van der Waals surface area (Å²) in [5, 5.41) is 0.274. The van der Waals surface area contributed by atoms with Gasteiger partial charge in [0, 0.05) is 37.5 Å². The summed E-state index contributed by atoms with van der Waals surface area (Å²) in [5.41, 5.74) is 1.76. The van der Waals surface area contributed by atoms with E-state index in [1.54, 1.807) is 12.3 Å². The summed E-state index contributed by atoms with van der Waals surface area (Å²) >= 11 is 5.76. The molecule has 0 bridgehead atoms. The Morgan fingerprint density at radius 1 is 1.43 bits per heavy atom. The third-order valence-corrected chi connectivity index (χ3v) is 4.39. The van der Waals surface area contributed by atoms with Crippen LogP contribution in [0, 0.1) is 0 Å². The molecule has 0 saturated heterocycles. The number of aromatic nitrogens is 2. The fourth-order valence-corrected chi connectivity index (χ4v) is 3.01. The molecule has 6 nitrogen and oxygen atoms in total. The van der Waals surface area contributed by atoms with Crippen molar-refractivity contribution in [3.8, 4) is 0 Å². The minimum Gasteiger partial charge on any atom is -0.448 e. The molecule has 3 rings (SSSR count). The van der Waals surface area contributed by atoms with Crippen LogP contribution in [0.5, 0.6) is 0 Å². The van der Waals surface area contributed by atoms with Gasteiger partial charge in [0.1, 0.15) is 5.76 Å². The van der Waals surface area contributed by atoms with Crippen LogP contribution in [0.25, 0.3) is 0 Å². The normalized spacial score (nSPS) is 15.9. The predicted octanol–water partition coefficient (Wildman–Crippen LogP) is 1.68. The Balaban J connectivity index is 1.77. The lowest BCUT2D eigenvalue weighted by atomic mass is 10.1. The minimum absolute atomic E-state index is 0.104. The second kappa shape index (κ2) is 5.40. The van der Waals surface area contributed by atoms with Crippen molar-refractivity contribution in [2.75, 3.05) is 12.8 Å². The molecule has 1 aliphatic heterocycles. The molecule has 0 aromatic carbocycles. The number of nitrogens with zero attached hydrogens (tertiary/aromatic N) is 3. The fraction of sp³-hybridized carbons (Fsp3) is 0.385. The summed E-state index contributed by atoms with van der Waals surface area (Å²) < 4.78 is 28.3. The van der Waals surface area contributed by atoms with E-state index in [1.807, 2.05) is 6.07 Å². The van der Waals surface area contributed by atoms with Gasteiger partial charge in [-0.1, -0.05) is 0 Å². The smallest absolute Gasteiger partial charge is 0.246 e. The zero-order chi connectivity index (χ0) is 15.0. The maximum absolute atomic E-state index is 11.5. The highest BCUT2D eigenvalue weighted by atomic mass is 35.5. The van der Waals surface area contributed by atoms with E-state index in [1.165, 1.54) is 0 Å². The molecule has 0 fully saturated rings. The highest BCUT2D eigenvalue weighted by Crippen LogP contribution is 2.21. The van der Waals surface area contributed by atoms with Gasteiger partial charge in [0.15, 0.2) is 5.22 Å². The second-order valence-corrected chi connectivity index (χ2v) is 7.35. The number of rotatable bonds is 3. The van der Waals surface area contributed by atoms with Crippen LogP contribution in [0.2, 0.25) is 5.22 Å². The molecule has 8 heteroatoms. The van der Waals surface area contributed by atoms with Gasteiger partial charge in [-0.25, -0.2) is 18.4 Å². The average Bonchev–Trinajstić information content (AvgIpc) is 2.82. The van der Waals surface area contributed by atoms with E-state index in [9.17, 15) is 8.42 Å². The predicted molar refractivity (Wildman–Crippen MR) is 76.7 cm³/mol. The number of hydrogen-bond donors (Lipinski definition) is 0.